The molecular weight excluding hydrogens is 263 g/mol. The number of halogens is 4. The smallest absolute Gasteiger partial charge is 0.151 e. The monoisotopic (exact) mass is 277 g/mol. The van der Waals surface area contributed by atoms with E-state index in [4.69, 9.17) is 17.3 Å². The van der Waals surface area contributed by atoms with Gasteiger partial charge in [0.1, 0.15) is 16.7 Å². The fourth-order valence-corrected chi connectivity index (χ4v) is 2.99. The van der Waals surface area contributed by atoms with Crippen molar-refractivity contribution >= 4 is 11.6 Å². The van der Waals surface area contributed by atoms with Crippen molar-refractivity contribution in [1.82, 2.24) is 0 Å². The minimum atomic E-state index is -1.07. The van der Waals surface area contributed by atoms with Gasteiger partial charge in [-0.25, -0.2) is 13.2 Å². The van der Waals surface area contributed by atoms with Crippen molar-refractivity contribution < 1.29 is 13.2 Å². The van der Waals surface area contributed by atoms with Gasteiger partial charge in [0.05, 0.1) is 0 Å². The van der Waals surface area contributed by atoms with Crippen LogP contribution in [0.2, 0.25) is 5.02 Å². The maximum absolute atomic E-state index is 14.1. The summed E-state index contributed by atoms with van der Waals surface area (Å²) >= 11 is 5.54. The van der Waals surface area contributed by atoms with Crippen LogP contribution in [0, 0.1) is 17.5 Å². The zero-order valence-corrected chi connectivity index (χ0v) is 10.7. The average molecular weight is 278 g/mol. The summed E-state index contributed by atoms with van der Waals surface area (Å²) in [4.78, 5) is 0. The Morgan fingerprint density at radius 1 is 1.11 bits per heavy atom. The topological polar surface area (TPSA) is 26.0 Å². The molecule has 1 aliphatic carbocycles. The van der Waals surface area contributed by atoms with Gasteiger partial charge in [-0.2, -0.15) is 0 Å². The van der Waals surface area contributed by atoms with Crippen molar-refractivity contribution in [2.24, 2.45) is 5.73 Å². The molecule has 1 nitrogen and oxygen atoms in total. The van der Waals surface area contributed by atoms with Crippen molar-refractivity contribution in [2.75, 3.05) is 6.54 Å². The third kappa shape index (κ3) is 2.12. The van der Waals surface area contributed by atoms with Gasteiger partial charge in [-0.05, 0) is 12.8 Å². The Balaban J connectivity index is 2.58. The molecule has 0 bridgehead atoms. The van der Waals surface area contributed by atoms with Gasteiger partial charge in [0.2, 0.25) is 0 Å². The molecule has 0 aromatic heterocycles. The standard InChI is InChI=1S/C13H15ClF3N/c14-11-9(16)6-8(15)10(12(11)17)13(7-18)4-2-1-3-5-13/h6H,1-5,7,18H2. The van der Waals surface area contributed by atoms with E-state index in [-0.39, 0.29) is 12.1 Å². The van der Waals surface area contributed by atoms with Gasteiger partial charge in [0, 0.05) is 23.6 Å². The number of hydrogen-bond donors (Lipinski definition) is 1. The lowest BCUT2D eigenvalue weighted by Crippen LogP contribution is -2.39. The summed E-state index contributed by atoms with van der Waals surface area (Å²) in [5.74, 6) is -2.96. The van der Waals surface area contributed by atoms with E-state index in [1.54, 1.807) is 0 Å². The second-order valence-corrected chi connectivity index (χ2v) is 5.27. The highest BCUT2D eigenvalue weighted by atomic mass is 35.5. The van der Waals surface area contributed by atoms with E-state index in [1.807, 2.05) is 0 Å². The molecule has 0 unspecified atom stereocenters. The molecule has 0 heterocycles. The van der Waals surface area contributed by atoms with Gasteiger partial charge in [0.15, 0.2) is 5.82 Å². The van der Waals surface area contributed by atoms with Crippen molar-refractivity contribution in [3.05, 3.63) is 34.1 Å². The third-order valence-electron chi connectivity index (χ3n) is 3.85. The van der Waals surface area contributed by atoms with Crippen molar-refractivity contribution in [1.29, 1.82) is 0 Å². The largest absolute Gasteiger partial charge is 0.330 e. The van der Waals surface area contributed by atoms with Crippen molar-refractivity contribution in [3.63, 3.8) is 0 Å². The van der Waals surface area contributed by atoms with Crippen molar-refractivity contribution in [2.45, 2.75) is 37.5 Å². The number of hydrogen-bond acceptors (Lipinski definition) is 1. The minimum Gasteiger partial charge on any atom is -0.330 e. The Morgan fingerprint density at radius 2 is 1.72 bits per heavy atom. The lowest BCUT2D eigenvalue weighted by molar-refractivity contribution is 0.280. The van der Waals surface area contributed by atoms with Gasteiger partial charge < -0.3 is 5.73 Å². The van der Waals surface area contributed by atoms with Gasteiger partial charge >= 0.3 is 0 Å². The third-order valence-corrected chi connectivity index (χ3v) is 4.19. The van der Waals surface area contributed by atoms with Gasteiger partial charge in [-0.3, -0.25) is 0 Å². The molecule has 0 radical (unpaired) electrons. The highest BCUT2D eigenvalue weighted by Crippen LogP contribution is 2.42. The average Bonchev–Trinajstić information content (AvgIpc) is 2.37. The van der Waals surface area contributed by atoms with Crippen molar-refractivity contribution in [3.8, 4) is 0 Å². The van der Waals surface area contributed by atoms with E-state index in [9.17, 15) is 13.2 Å². The molecule has 1 saturated carbocycles. The van der Waals surface area contributed by atoms with E-state index in [2.05, 4.69) is 0 Å². The van der Waals surface area contributed by atoms with E-state index in [1.165, 1.54) is 0 Å². The molecule has 0 atom stereocenters. The number of nitrogens with two attached hydrogens (primary N) is 1. The fraction of sp³-hybridized carbons (Fsp3) is 0.538. The van der Waals surface area contributed by atoms with E-state index in [0.717, 1.165) is 19.3 Å². The number of benzene rings is 1. The predicted octanol–water partition coefficient (Wildman–Crippen LogP) is 3.92. The maximum Gasteiger partial charge on any atom is 0.151 e. The first-order chi connectivity index (χ1) is 8.52. The van der Waals surface area contributed by atoms with Gasteiger partial charge in [-0.15, -0.1) is 0 Å². The summed E-state index contributed by atoms with van der Waals surface area (Å²) in [6.45, 7) is 0.142. The van der Waals surface area contributed by atoms with Crippen LogP contribution in [0.25, 0.3) is 0 Å². The molecule has 100 valence electrons. The van der Waals surface area contributed by atoms with Crippen LogP contribution in [0.5, 0.6) is 0 Å². The molecule has 0 spiro atoms. The second-order valence-electron chi connectivity index (χ2n) is 4.89. The van der Waals surface area contributed by atoms with Crippen LogP contribution in [0.1, 0.15) is 37.7 Å². The van der Waals surface area contributed by atoms with Crippen LogP contribution in [-0.4, -0.2) is 6.54 Å². The highest BCUT2D eigenvalue weighted by Gasteiger charge is 2.38. The van der Waals surface area contributed by atoms with Crippen LogP contribution >= 0.6 is 11.6 Å². The first kappa shape index (κ1) is 13.7. The van der Waals surface area contributed by atoms with Crippen LogP contribution in [-0.2, 0) is 5.41 Å². The molecule has 0 amide bonds. The maximum atomic E-state index is 14.1. The molecule has 1 fully saturated rings. The molecule has 5 heteroatoms. The zero-order chi connectivity index (χ0) is 13.3. The summed E-state index contributed by atoms with van der Waals surface area (Å²) in [6, 6.07) is 0.646. The predicted molar refractivity (Wildman–Crippen MR) is 65.1 cm³/mol. The summed E-state index contributed by atoms with van der Waals surface area (Å²) in [6.07, 6.45) is 3.98. The van der Waals surface area contributed by atoms with Crippen LogP contribution in [0.15, 0.2) is 6.07 Å². The molecule has 1 aliphatic rings. The summed E-state index contributed by atoms with van der Waals surface area (Å²) < 4.78 is 41.2. The lowest BCUT2D eigenvalue weighted by Gasteiger charge is -2.37. The summed E-state index contributed by atoms with van der Waals surface area (Å²) in [7, 11) is 0. The molecule has 0 aliphatic heterocycles. The zero-order valence-electron chi connectivity index (χ0n) is 9.91. The molecule has 2 rings (SSSR count). The molecule has 0 saturated heterocycles. The van der Waals surface area contributed by atoms with Crippen LogP contribution < -0.4 is 5.73 Å². The first-order valence-corrected chi connectivity index (χ1v) is 6.43. The second kappa shape index (κ2) is 5.10. The molecule has 2 N–H and O–H groups in total. The normalized spacial score (nSPS) is 18.9. The minimum absolute atomic E-state index is 0.142. The SMILES string of the molecule is NCC1(c2c(F)cc(F)c(Cl)c2F)CCCCC1. The molecule has 1 aromatic rings. The Kier molecular flexibility index (Phi) is 3.87. The molecular formula is C13H15ClF3N. The van der Waals surface area contributed by atoms with E-state index >= 15 is 0 Å². The number of rotatable bonds is 2. The van der Waals surface area contributed by atoms with E-state index < -0.39 is 27.9 Å². The summed E-state index contributed by atoms with van der Waals surface area (Å²) in [5.41, 5.74) is 4.84. The first-order valence-electron chi connectivity index (χ1n) is 6.05. The highest BCUT2D eigenvalue weighted by molar-refractivity contribution is 6.31. The van der Waals surface area contributed by atoms with E-state index in [0.29, 0.717) is 18.9 Å². The Hall–Kier alpha value is -0.740. The Labute approximate surface area is 109 Å². The molecule has 18 heavy (non-hydrogen) atoms. The van der Waals surface area contributed by atoms with Gasteiger partial charge in [-0.1, -0.05) is 30.9 Å². The quantitative estimate of drug-likeness (QED) is 0.643. The summed E-state index contributed by atoms with van der Waals surface area (Å²) in [5, 5.41) is -0.648. The lowest BCUT2D eigenvalue weighted by atomic mass is 9.69. The Bertz CT molecular complexity index is 456. The molecule has 1 aromatic carbocycles. The van der Waals surface area contributed by atoms with Crippen LogP contribution in [0.3, 0.4) is 0 Å². The van der Waals surface area contributed by atoms with Crippen LogP contribution in [0.4, 0.5) is 13.2 Å². The van der Waals surface area contributed by atoms with Gasteiger partial charge in [0.25, 0.3) is 0 Å². The Morgan fingerprint density at radius 3 is 2.28 bits per heavy atom. The fourth-order valence-electron chi connectivity index (χ4n) is 2.84.